The lowest BCUT2D eigenvalue weighted by molar-refractivity contribution is -0.0460. The predicted molar refractivity (Wildman–Crippen MR) is 104 cm³/mol. The molecule has 3 atom stereocenters. The largest absolute Gasteiger partial charge is 0.394 e. The molecule has 7 heteroatoms. The number of nitrogens with zero attached hydrogens (tertiary/aromatic N) is 2. The number of anilines is 1. The summed E-state index contributed by atoms with van der Waals surface area (Å²) in [5.74, 6) is 3.37. The molecule has 0 amide bonds. The summed E-state index contributed by atoms with van der Waals surface area (Å²) in [6, 6.07) is 0. The second-order valence-corrected chi connectivity index (χ2v) is 9.85. The minimum atomic E-state index is -0.768. The zero-order valence-corrected chi connectivity index (χ0v) is 16.5. The molecule has 4 saturated carbocycles. The quantitative estimate of drug-likeness (QED) is 0.711. The molecule has 0 spiro atoms. The van der Waals surface area contributed by atoms with Gasteiger partial charge < -0.3 is 20.3 Å². The Balaban J connectivity index is 1.30. The third-order valence-corrected chi connectivity index (χ3v) is 7.62. The molecular formula is C21H31N3O4. The maximum Gasteiger partial charge on any atom is 0.351 e. The monoisotopic (exact) mass is 389 g/mol. The lowest BCUT2D eigenvalue weighted by atomic mass is 9.49. The van der Waals surface area contributed by atoms with Gasteiger partial charge in [0.2, 0.25) is 0 Å². The van der Waals surface area contributed by atoms with E-state index in [1.807, 2.05) is 6.92 Å². The van der Waals surface area contributed by atoms with Gasteiger partial charge in [0.15, 0.2) is 0 Å². The van der Waals surface area contributed by atoms with Gasteiger partial charge in [-0.25, -0.2) is 4.79 Å². The average Bonchev–Trinajstić information content (AvgIpc) is 3.01. The molecule has 5 fully saturated rings. The van der Waals surface area contributed by atoms with Crippen LogP contribution in [0.4, 0.5) is 5.82 Å². The number of hydrogen-bond acceptors (Lipinski definition) is 6. The molecule has 1 aromatic rings. The Kier molecular flexibility index (Phi) is 4.52. The van der Waals surface area contributed by atoms with Gasteiger partial charge in [-0.2, -0.15) is 4.98 Å². The fourth-order valence-corrected chi connectivity index (χ4v) is 6.78. The Morgan fingerprint density at radius 2 is 1.86 bits per heavy atom. The van der Waals surface area contributed by atoms with Crippen LogP contribution >= 0.6 is 0 Å². The van der Waals surface area contributed by atoms with Crippen molar-refractivity contribution in [1.29, 1.82) is 0 Å². The summed E-state index contributed by atoms with van der Waals surface area (Å²) in [5, 5.41) is 22.7. The normalized spacial score (nSPS) is 41.5. The van der Waals surface area contributed by atoms with Crippen molar-refractivity contribution in [2.24, 2.45) is 23.2 Å². The molecule has 28 heavy (non-hydrogen) atoms. The Hall–Kier alpha value is -1.44. The molecule has 0 radical (unpaired) electrons. The van der Waals surface area contributed by atoms with E-state index in [0.717, 1.165) is 29.9 Å². The Morgan fingerprint density at radius 1 is 1.21 bits per heavy atom. The first kappa shape index (κ1) is 18.6. The van der Waals surface area contributed by atoms with Gasteiger partial charge in [-0.05, 0) is 68.6 Å². The van der Waals surface area contributed by atoms with Gasteiger partial charge in [0.05, 0.1) is 12.7 Å². The number of aryl methyl sites for hydroxylation is 1. The van der Waals surface area contributed by atoms with Crippen LogP contribution in [0.3, 0.4) is 0 Å². The van der Waals surface area contributed by atoms with Gasteiger partial charge in [-0.3, -0.25) is 4.57 Å². The predicted octanol–water partition coefficient (Wildman–Crippen LogP) is 1.82. The SMILES string of the molecule is Cc1cn(C2CC(O)C(CO)O2)c(=O)nc1NCC12CC3CC(CC(C3)C1)C2. The van der Waals surface area contributed by atoms with Crippen molar-refractivity contribution in [3.05, 3.63) is 22.2 Å². The number of aliphatic hydroxyl groups excluding tert-OH is 2. The van der Waals surface area contributed by atoms with Crippen molar-refractivity contribution in [3.63, 3.8) is 0 Å². The van der Waals surface area contributed by atoms with Crippen molar-refractivity contribution in [2.45, 2.75) is 70.3 Å². The van der Waals surface area contributed by atoms with Gasteiger partial charge in [0.25, 0.3) is 0 Å². The number of nitrogens with one attached hydrogen (secondary N) is 1. The summed E-state index contributed by atoms with van der Waals surface area (Å²) in [6.45, 7) is 2.59. The highest BCUT2D eigenvalue weighted by molar-refractivity contribution is 5.41. The van der Waals surface area contributed by atoms with Crippen molar-refractivity contribution in [3.8, 4) is 0 Å². The number of aromatic nitrogens is 2. The van der Waals surface area contributed by atoms with E-state index in [9.17, 15) is 15.0 Å². The minimum Gasteiger partial charge on any atom is -0.394 e. The molecular weight excluding hydrogens is 358 g/mol. The molecule has 0 aromatic carbocycles. The lowest BCUT2D eigenvalue weighted by Crippen LogP contribution is -2.49. The second kappa shape index (κ2) is 6.82. The average molecular weight is 389 g/mol. The summed E-state index contributed by atoms with van der Waals surface area (Å²) in [5.41, 5.74) is 0.898. The summed E-state index contributed by atoms with van der Waals surface area (Å²) in [4.78, 5) is 16.9. The highest BCUT2D eigenvalue weighted by atomic mass is 16.5. The van der Waals surface area contributed by atoms with Crippen molar-refractivity contribution in [2.75, 3.05) is 18.5 Å². The summed E-state index contributed by atoms with van der Waals surface area (Å²) in [7, 11) is 0. The first-order valence-electron chi connectivity index (χ1n) is 10.7. The third kappa shape index (κ3) is 3.17. The first-order valence-corrected chi connectivity index (χ1v) is 10.7. The van der Waals surface area contributed by atoms with Gasteiger partial charge in [0, 0.05) is 24.7 Å². The van der Waals surface area contributed by atoms with E-state index < -0.39 is 18.4 Å². The van der Waals surface area contributed by atoms with E-state index in [1.54, 1.807) is 6.20 Å². The van der Waals surface area contributed by atoms with Gasteiger partial charge in [0.1, 0.15) is 18.1 Å². The van der Waals surface area contributed by atoms with E-state index in [0.29, 0.717) is 11.2 Å². The van der Waals surface area contributed by atoms with E-state index in [-0.39, 0.29) is 18.7 Å². The second-order valence-electron chi connectivity index (χ2n) is 9.85. The molecule has 1 aliphatic heterocycles. The molecule has 4 bridgehead atoms. The summed E-state index contributed by atoms with van der Waals surface area (Å²) >= 11 is 0. The molecule has 7 nitrogen and oxygen atoms in total. The third-order valence-electron chi connectivity index (χ3n) is 7.62. The van der Waals surface area contributed by atoms with Crippen LogP contribution < -0.4 is 11.0 Å². The maximum atomic E-state index is 12.6. The molecule has 3 N–H and O–H groups in total. The lowest BCUT2D eigenvalue weighted by Gasteiger charge is -2.57. The van der Waals surface area contributed by atoms with Crippen LogP contribution in [0.15, 0.2) is 11.0 Å². The van der Waals surface area contributed by atoms with Crippen LogP contribution in [-0.4, -0.2) is 45.1 Å². The number of rotatable bonds is 5. The van der Waals surface area contributed by atoms with E-state index in [1.165, 1.54) is 43.1 Å². The smallest absolute Gasteiger partial charge is 0.351 e. The van der Waals surface area contributed by atoms with Crippen molar-refractivity contribution >= 4 is 5.82 Å². The molecule has 2 heterocycles. The standard InChI is InChI=1S/C21H31N3O4/c1-12-9-24(18-5-16(26)17(10-25)28-18)20(27)23-19(12)22-11-21-6-13-2-14(7-21)4-15(3-13)8-21/h9,13-18,25-26H,2-8,10-11H2,1H3,(H,22,23,27). The topological polar surface area (TPSA) is 96.6 Å². The zero-order valence-electron chi connectivity index (χ0n) is 16.5. The fourth-order valence-electron chi connectivity index (χ4n) is 6.78. The number of hydrogen-bond donors (Lipinski definition) is 3. The van der Waals surface area contributed by atoms with Crippen LogP contribution in [0, 0.1) is 30.1 Å². The Morgan fingerprint density at radius 3 is 2.43 bits per heavy atom. The van der Waals surface area contributed by atoms with Gasteiger partial charge >= 0.3 is 5.69 Å². The van der Waals surface area contributed by atoms with Crippen LogP contribution in [-0.2, 0) is 4.74 Å². The minimum absolute atomic E-state index is 0.260. The van der Waals surface area contributed by atoms with Gasteiger partial charge in [-0.1, -0.05) is 0 Å². The fraction of sp³-hybridized carbons (Fsp3) is 0.810. The molecule has 4 aliphatic carbocycles. The van der Waals surface area contributed by atoms with Crippen LogP contribution in [0.1, 0.15) is 56.7 Å². The molecule has 154 valence electrons. The van der Waals surface area contributed by atoms with E-state index >= 15 is 0 Å². The van der Waals surface area contributed by atoms with E-state index in [2.05, 4.69) is 10.3 Å². The van der Waals surface area contributed by atoms with Gasteiger partial charge in [-0.15, -0.1) is 0 Å². The summed E-state index contributed by atoms with van der Waals surface area (Å²) in [6.07, 6.45) is 8.28. The van der Waals surface area contributed by atoms with Crippen LogP contribution in [0.25, 0.3) is 0 Å². The zero-order chi connectivity index (χ0) is 19.5. The Bertz CT molecular complexity index is 772. The summed E-state index contributed by atoms with van der Waals surface area (Å²) < 4.78 is 7.05. The first-order chi connectivity index (χ1) is 13.4. The molecule has 1 aromatic heterocycles. The molecule has 1 saturated heterocycles. The van der Waals surface area contributed by atoms with Crippen molar-refractivity contribution < 1.29 is 14.9 Å². The molecule has 6 rings (SSSR count). The highest BCUT2D eigenvalue weighted by Gasteiger charge is 2.50. The van der Waals surface area contributed by atoms with Crippen LogP contribution in [0.5, 0.6) is 0 Å². The number of ether oxygens (including phenoxy) is 1. The van der Waals surface area contributed by atoms with E-state index in [4.69, 9.17) is 4.74 Å². The number of aliphatic hydroxyl groups is 2. The molecule has 3 unspecified atom stereocenters. The molecule has 5 aliphatic rings. The van der Waals surface area contributed by atoms with Crippen LogP contribution in [0.2, 0.25) is 0 Å². The highest BCUT2D eigenvalue weighted by Crippen LogP contribution is 2.59. The Labute approximate surface area is 165 Å². The maximum absolute atomic E-state index is 12.6. The van der Waals surface area contributed by atoms with Crippen molar-refractivity contribution in [1.82, 2.24) is 9.55 Å².